The molecule has 1 saturated heterocycles. The Kier molecular flexibility index (Phi) is 4.71. The molecule has 134 valence electrons. The quantitative estimate of drug-likeness (QED) is 0.757. The number of methoxy groups -OCH3 is 1. The number of anilines is 1. The smallest absolute Gasteiger partial charge is 0.409 e. The van der Waals surface area contributed by atoms with E-state index in [4.69, 9.17) is 14.7 Å². The lowest BCUT2D eigenvalue weighted by Gasteiger charge is -2.31. The van der Waals surface area contributed by atoms with Crippen LogP contribution in [-0.2, 0) is 4.74 Å². The Morgan fingerprint density at radius 1 is 1.23 bits per heavy atom. The summed E-state index contributed by atoms with van der Waals surface area (Å²) in [6.45, 7) is 1.37. The lowest BCUT2D eigenvalue weighted by molar-refractivity contribution is 0.113. The molecule has 0 atom stereocenters. The van der Waals surface area contributed by atoms with E-state index in [1.165, 1.54) is 7.11 Å². The van der Waals surface area contributed by atoms with Crippen molar-refractivity contribution in [3.05, 3.63) is 41.1 Å². The van der Waals surface area contributed by atoms with Crippen LogP contribution < -0.4 is 5.32 Å². The maximum absolute atomic E-state index is 11.6. The van der Waals surface area contributed by atoms with E-state index >= 15 is 0 Å². The number of thiophene rings is 1. The highest BCUT2D eigenvalue weighted by atomic mass is 32.1. The molecule has 1 aromatic carbocycles. The fraction of sp³-hybridized carbons (Fsp3) is 0.316. The minimum atomic E-state index is -0.254. The molecule has 26 heavy (non-hydrogen) atoms. The van der Waals surface area contributed by atoms with E-state index in [1.807, 2.05) is 35.7 Å². The maximum Gasteiger partial charge on any atom is 0.409 e. The van der Waals surface area contributed by atoms with Gasteiger partial charge in [-0.3, -0.25) is 0 Å². The summed E-state index contributed by atoms with van der Waals surface area (Å²) >= 11 is 1.64. The van der Waals surface area contributed by atoms with E-state index in [0.29, 0.717) is 13.1 Å². The number of likely N-dealkylation sites (tertiary alicyclic amines) is 1. The number of para-hydroxylation sites is 1. The number of rotatable bonds is 3. The van der Waals surface area contributed by atoms with Gasteiger partial charge in [-0.1, -0.05) is 12.1 Å². The normalized spacial score (nSPS) is 15.2. The Balaban J connectivity index is 1.59. The summed E-state index contributed by atoms with van der Waals surface area (Å²) in [5.74, 6) is 1.59. The van der Waals surface area contributed by atoms with Crippen LogP contribution in [0.1, 0.15) is 12.8 Å². The molecule has 1 amide bonds. The largest absolute Gasteiger partial charge is 0.453 e. The van der Waals surface area contributed by atoms with Crippen molar-refractivity contribution in [1.29, 1.82) is 0 Å². The molecule has 1 fully saturated rings. The molecule has 1 N–H and O–H groups in total. The molecule has 2 aromatic heterocycles. The monoisotopic (exact) mass is 368 g/mol. The van der Waals surface area contributed by atoms with Gasteiger partial charge in [0.25, 0.3) is 0 Å². The number of fused-ring (bicyclic) bond motifs is 1. The Labute approximate surface area is 155 Å². The number of hydrogen-bond donors (Lipinski definition) is 1. The van der Waals surface area contributed by atoms with E-state index in [-0.39, 0.29) is 12.1 Å². The first-order valence-electron chi connectivity index (χ1n) is 8.63. The molecule has 4 rings (SSSR count). The van der Waals surface area contributed by atoms with Crippen molar-refractivity contribution in [1.82, 2.24) is 14.9 Å². The molecule has 1 aliphatic heterocycles. The van der Waals surface area contributed by atoms with Gasteiger partial charge >= 0.3 is 6.09 Å². The first-order chi connectivity index (χ1) is 12.7. The van der Waals surface area contributed by atoms with E-state index in [1.54, 1.807) is 16.2 Å². The number of nitrogens with one attached hydrogen (secondary N) is 1. The Morgan fingerprint density at radius 2 is 2.04 bits per heavy atom. The number of amides is 1. The molecular formula is C19H20N4O2S. The number of benzene rings is 1. The predicted octanol–water partition coefficient (Wildman–Crippen LogP) is 4.00. The van der Waals surface area contributed by atoms with Crippen molar-refractivity contribution in [3.63, 3.8) is 0 Å². The average molecular weight is 368 g/mol. The van der Waals surface area contributed by atoms with Crippen LogP contribution in [0.4, 0.5) is 10.6 Å². The molecule has 3 heterocycles. The molecule has 1 aliphatic rings. The minimum Gasteiger partial charge on any atom is -0.453 e. The number of aromatic nitrogens is 2. The molecule has 3 aromatic rings. The first-order valence-corrected chi connectivity index (χ1v) is 9.57. The fourth-order valence-corrected chi connectivity index (χ4v) is 3.87. The van der Waals surface area contributed by atoms with Crippen LogP contribution in [0.25, 0.3) is 22.3 Å². The SMILES string of the molecule is COC(=O)N1CCC(Nc2nc(-c3ccsc3)nc3ccccc23)CC1. The standard InChI is InChI=1S/C19H20N4O2S/c1-25-19(24)23-9-6-14(7-10-23)20-18-15-4-2-3-5-16(15)21-17(22-18)13-8-11-26-12-13/h2-5,8,11-12,14H,6-7,9-10H2,1H3,(H,20,21,22). The summed E-state index contributed by atoms with van der Waals surface area (Å²) < 4.78 is 4.80. The third-order valence-corrected chi connectivity index (χ3v) is 5.33. The van der Waals surface area contributed by atoms with Crippen molar-refractivity contribution in [2.45, 2.75) is 18.9 Å². The zero-order chi connectivity index (χ0) is 17.9. The summed E-state index contributed by atoms with van der Waals surface area (Å²) in [4.78, 5) is 22.9. The second-order valence-corrected chi connectivity index (χ2v) is 7.08. The second kappa shape index (κ2) is 7.29. The third-order valence-electron chi connectivity index (χ3n) is 4.65. The van der Waals surface area contributed by atoms with Crippen LogP contribution >= 0.6 is 11.3 Å². The Morgan fingerprint density at radius 3 is 2.77 bits per heavy atom. The molecule has 0 aliphatic carbocycles. The number of ether oxygens (including phenoxy) is 1. The maximum atomic E-state index is 11.6. The van der Waals surface area contributed by atoms with Crippen LogP contribution in [0, 0.1) is 0 Å². The third kappa shape index (κ3) is 3.35. The van der Waals surface area contributed by atoms with Crippen LogP contribution in [0.2, 0.25) is 0 Å². The number of carbonyl (C=O) groups excluding carboxylic acids is 1. The number of carbonyl (C=O) groups is 1. The lowest BCUT2D eigenvalue weighted by Crippen LogP contribution is -2.42. The fourth-order valence-electron chi connectivity index (χ4n) is 3.24. The van der Waals surface area contributed by atoms with E-state index in [2.05, 4.69) is 10.7 Å². The summed E-state index contributed by atoms with van der Waals surface area (Å²) in [7, 11) is 1.42. The summed E-state index contributed by atoms with van der Waals surface area (Å²) in [5.41, 5.74) is 1.96. The molecule has 0 unspecified atom stereocenters. The highest BCUT2D eigenvalue weighted by molar-refractivity contribution is 7.08. The summed E-state index contributed by atoms with van der Waals surface area (Å²) in [6, 6.07) is 10.3. The van der Waals surface area contributed by atoms with Crippen molar-refractivity contribution >= 4 is 34.2 Å². The highest BCUT2D eigenvalue weighted by Crippen LogP contribution is 2.27. The van der Waals surface area contributed by atoms with E-state index in [0.717, 1.165) is 41.0 Å². The van der Waals surface area contributed by atoms with Crippen molar-refractivity contribution < 1.29 is 9.53 Å². The van der Waals surface area contributed by atoms with Crippen LogP contribution in [0.5, 0.6) is 0 Å². The molecule has 6 nitrogen and oxygen atoms in total. The molecule has 7 heteroatoms. The van der Waals surface area contributed by atoms with Crippen LogP contribution in [-0.4, -0.2) is 47.2 Å². The summed E-state index contributed by atoms with van der Waals surface area (Å²) in [5, 5.41) is 8.68. The second-order valence-electron chi connectivity index (χ2n) is 6.30. The molecule has 0 saturated carbocycles. The Bertz CT molecular complexity index is 905. The minimum absolute atomic E-state index is 0.254. The van der Waals surface area contributed by atoms with E-state index < -0.39 is 0 Å². The van der Waals surface area contributed by atoms with Gasteiger partial charge in [0.1, 0.15) is 5.82 Å². The summed E-state index contributed by atoms with van der Waals surface area (Å²) in [6.07, 6.45) is 1.47. The highest BCUT2D eigenvalue weighted by Gasteiger charge is 2.24. The van der Waals surface area contributed by atoms with Gasteiger partial charge in [-0.05, 0) is 36.4 Å². The first kappa shape index (κ1) is 16.8. The van der Waals surface area contributed by atoms with Gasteiger partial charge in [0.05, 0.1) is 12.6 Å². The number of nitrogens with zero attached hydrogens (tertiary/aromatic N) is 3. The van der Waals surface area contributed by atoms with Crippen LogP contribution in [0.15, 0.2) is 41.1 Å². The zero-order valence-electron chi connectivity index (χ0n) is 14.5. The van der Waals surface area contributed by atoms with Gasteiger partial charge in [-0.2, -0.15) is 11.3 Å². The van der Waals surface area contributed by atoms with Gasteiger partial charge < -0.3 is 15.0 Å². The van der Waals surface area contributed by atoms with Crippen molar-refractivity contribution in [2.75, 3.05) is 25.5 Å². The van der Waals surface area contributed by atoms with Gasteiger partial charge in [0, 0.05) is 35.5 Å². The van der Waals surface area contributed by atoms with Gasteiger partial charge in [0.2, 0.25) is 0 Å². The molecule has 0 radical (unpaired) electrons. The topological polar surface area (TPSA) is 67.3 Å². The zero-order valence-corrected chi connectivity index (χ0v) is 15.3. The van der Waals surface area contributed by atoms with Crippen molar-refractivity contribution in [2.24, 2.45) is 0 Å². The Hall–Kier alpha value is -2.67. The van der Waals surface area contributed by atoms with Gasteiger partial charge in [-0.25, -0.2) is 14.8 Å². The van der Waals surface area contributed by atoms with E-state index in [9.17, 15) is 4.79 Å². The average Bonchev–Trinajstić information content (AvgIpc) is 3.23. The van der Waals surface area contributed by atoms with Crippen molar-refractivity contribution in [3.8, 4) is 11.4 Å². The molecule has 0 spiro atoms. The van der Waals surface area contributed by atoms with Gasteiger partial charge in [-0.15, -0.1) is 0 Å². The molecule has 0 bridgehead atoms. The number of piperidine rings is 1. The molecular weight excluding hydrogens is 348 g/mol. The van der Waals surface area contributed by atoms with Crippen LogP contribution in [0.3, 0.4) is 0 Å². The number of hydrogen-bond acceptors (Lipinski definition) is 6. The predicted molar refractivity (Wildman–Crippen MR) is 103 cm³/mol. The van der Waals surface area contributed by atoms with Gasteiger partial charge in [0.15, 0.2) is 5.82 Å². The lowest BCUT2D eigenvalue weighted by atomic mass is 10.1.